The molecule has 1 aromatic carbocycles. The molecule has 1 unspecified atom stereocenters. The van der Waals surface area contributed by atoms with E-state index in [9.17, 15) is 13.9 Å². The van der Waals surface area contributed by atoms with E-state index in [1.165, 1.54) is 12.1 Å². The molecule has 0 bridgehead atoms. The molecular formula is C16H17F2NO2. The maximum Gasteiger partial charge on any atom is 0.387 e. The number of rotatable bonds is 6. The average Bonchev–Trinajstić information content (AvgIpc) is 2.47. The molecule has 0 saturated carbocycles. The van der Waals surface area contributed by atoms with Crippen molar-refractivity contribution in [3.8, 4) is 5.75 Å². The quantitative estimate of drug-likeness (QED) is 0.886. The molecule has 1 N–H and O–H groups in total. The van der Waals surface area contributed by atoms with Crippen LogP contribution in [0.4, 0.5) is 8.78 Å². The number of halogens is 2. The zero-order chi connectivity index (χ0) is 15.2. The lowest BCUT2D eigenvalue weighted by atomic mass is 10.0. The Bertz CT molecular complexity index is 573. The predicted molar refractivity (Wildman–Crippen MR) is 75.4 cm³/mol. The second kappa shape index (κ2) is 7.13. The fourth-order valence-electron chi connectivity index (χ4n) is 2.00. The van der Waals surface area contributed by atoms with Gasteiger partial charge < -0.3 is 9.84 Å². The summed E-state index contributed by atoms with van der Waals surface area (Å²) in [4.78, 5) is 4.27. The lowest BCUT2D eigenvalue weighted by molar-refractivity contribution is -0.0499. The second-order valence-corrected chi connectivity index (χ2v) is 4.68. The van der Waals surface area contributed by atoms with Gasteiger partial charge in [-0.3, -0.25) is 4.98 Å². The van der Waals surface area contributed by atoms with Gasteiger partial charge in [0.1, 0.15) is 5.75 Å². The molecule has 2 aromatic rings. The molecule has 0 amide bonds. The van der Waals surface area contributed by atoms with Gasteiger partial charge in [0, 0.05) is 18.3 Å². The lowest BCUT2D eigenvalue weighted by Gasteiger charge is -2.12. The molecule has 0 fully saturated rings. The van der Waals surface area contributed by atoms with Gasteiger partial charge in [-0.05, 0) is 35.7 Å². The number of aryl methyl sites for hydroxylation is 1. The van der Waals surface area contributed by atoms with Crippen LogP contribution in [-0.2, 0) is 12.8 Å². The molecule has 3 nitrogen and oxygen atoms in total. The Kier molecular flexibility index (Phi) is 5.22. The molecule has 0 radical (unpaired) electrons. The Morgan fingerprint density at radius 2 is 2.05 bits per heavy atom. The highest BCUT2D eigenvalue weighted by atomic mass is 19.3. The highest BCUT2D eigenvalue weighted by Crippen LogP contribution is 2.23. The van der Waals surface area contributed by atoms with E-state index in [-0.39, 0.29) is 5.75 Å². The van der Waals surface area contributed by atoms with Gasteiger partial charge >= 0.3 is 6.61 Å². The minimum Gasteiger partial charge on any atom is -0.435 e. The summed E-state index contributed by atoms with van der Waals surface area (Å²) >= 11 is 0. The third-order valence-corrected chi connectivity index (χ3v) is 3.16. The summed E-state index contributed by atoms with van der Waals surface area (Å²) in [5.74, 6) is 0.0378. The van der Waals surface area contributed by atoms with Gasteiger partial charge in [0.2, 0.25) is 0 Å². The molecule has 1 atom stereocenters. The summed E-state index contributed by atoms with van der Waals surface area (Å²) in [5.41, 5.74) is 2.40. The van der Waals surface area contributed by atoms with Crippen LogP contribution in [0.3, 0.4) is 0 Å². The third-order valence-electron chi connectivity index (χ3n) is 3.16. The van der Waals surface area contributed by atoms with Crippen LogP contribution in [0.5, 0.6) is 5.75 Å². The number of hydrogen-bond donors (Lipinski definition) is 1. The third kappa shape index (κ3) is 4.49. The summed E-state index contributed by atoms with van der Waals surface area (Å²) in [7, 11) is 0. The molecule has 2 rings (SSSR count). The maximum absolute atomic E-state index is 12.2. The molecule has 5 heteroatoms. The van der Waals surface area contributed by atoms with E-state index in [4.69, 9.17) is 0 Å². The smallest absolute Gasteiger partial charge is 0.387 e. The number of benzene rings is 1. The summed E-state index contributed by atoms with van der Waals surface area (Å²) in [6.07, 6.45) is 2.19. The van der Waals surface area contributed by atoms with E-state index in [2.05, 4.69) is 9.72 Å². The minimum absolute atomic E-state index is 0.0378. The molecule has 0 aliphatic heterocycles. The van der Waals surface area contributed by atoms with Gasteiger partial charge in [-0.1, -0.05) is 25.1 Å². The van der Waals surface area contributed by atoms with Crippen molar-refractivity contribution in [1.82, 2.24) is 4.98 Å². The zero-order valence-electron chi connectivity index (χ0n) is 11.7. The Balaban J connectivity index is 2.06. The highest BCUT2D eigenvalue weighted by molar-refractivity contribution is 5.30. The van der Waals surface area contributed by atoms with Crippen LogP contribution in [-0.4, -0.2) is 16.7 Å². The number of aliphatic hydroxyl groups excluding tert-OH is 1. The zero-order valence-corrected chi connectivity index (χ0v) is 11.7. The number of ether oxygens (including phenoxy) is 1. The van der Waals surface area contributed by atoms with Crippen LogP contribution in [0.2, 0.25) is 0 Å². The van der Waals surface area contributed by atoms with Crippen molar-refractivity contribution in [2.45, 2.75) is 32.5 Å². The fraction of sp³-hybridized carbons (Fsp3) is 0.312. The lowest BCUT2D eigenvalue weighted by Crippen LogP contribution is -2.06. The Morgan fingerprint density at radius 1 is 1.24 bits per heavy atom. The molecule has 0 aliphatic rings. The van der Waals surface area contributed by atoms with Crippen molar-refractivity contribution in [2.24, 2.45) is 0 Å². The van der Waals surface area contributed by atoms with Gasteiger partial charge in [-0.2, -0.15) is 8.78 Å². The predicted octanol–water partition coefficient (Wildman–Crippen LogP) is 3.52. The summed E-state index contributed by atoms with van der Waals surface area (Å²) in [6.45, 7) is -0.833. The van der Waals surface area contributed by atoms with Crippen molar-refractivity contribution >= 4 is 0 Å². The molecule has 1 aromatic heterocycles. The summed E-state index contributed by atoms with van der Waals surface area (Å²) in [5, 5.41) is 10.2. The van der Waals surface area contributed by atoms with Crippen LogP contribution in [0, 0.1) is 0 Å². The molecule has 1 heterocycles. The molecule has 0 saturated heterocycles. The highest BCUT2D eigenvalue weighted by Gasteiger charge is 2.12. The van der Waals surface area contributed by atoms with E-state index in [0.717, 1.165) is 17.7 Å². The SMILES string of the molecule is CCc1ccc(CC(O)c2cccc(OC(F)F)c2)nc1. The van der Waals surface area contributed by atoms with Crippen molar-refractivity contribution < 1.29 is 18.6 Å². The number of aromatic nitrogens is 1. The Labute approximate surface area is 122 Å². The van der Waals surface area contributed by atoms with Crippen LogP contribution < -0.4 is 4.74 Å². The van der Waals surface area contributed by atoms with E-state index >= 15 is 0 Å². The van der Waals surface area contributed by atoms with Crippen molar-refractivity contribution in [3.05, 3.63) is 59.4 Å². The Morgan fingerprint density at radius 3 is 2.67 bits per heavy atom. The van der Waals surface area contributed by atoms with Gasteiger partial charge in [0.05, 0.1) is 6.10 Å². The Hall–Kier alpha value is -2.01. The van der Waals surface area contributed by atoms with Crippen molar-refractivity contribution in [3.63, 3.8) is 0 Å². The summed E-state index contributed by atoms with van der Waals surface area (Å²) in [6, 6.07) is 9.91. The minimum atomic E-state index is -2.87. The first-order valence-corrected chi connectivity index (χ1v) is 6.75. The normalized spacial score (nSPS) is 12.4. The summed E-state index contributed by atoms with van der Waals surface area (Å²) < 4.78 is 28.7. The van der Waals surface area contributed by atoms with Gasteiger partial charge in [-0.15, -0.1) is 0 Å². The number of alkyl halides is 2. The standard InChI is InChI=1S/C16H17F2NO2/c1-2-11-6-7-13(19-10-11)9-15(20)12-4-3-5-14(8-12)21-16(17)18/h3-8,10,15-16,20H,2,9H2,1H3. The molecular weight excluding hydrogens is 276 g/mol. The number of nitrogens with zero attached hydrogens (tertiary/aromatic N) is 1. The molecule has 112 valence electrons. The van der Waals surface area contributed by atoms with Crippen molar-refractivity contribution in [2.75, 3.05) is 0 Å². The first-order valence-electron chi connectivity index (χ1n) is 6.75. The number of pyridine rings is 1. The van der Waals surface area contributed by atoms with Crippen LogP contribution >= 0.6 is 0 Å². The molecule has 0 spiro atoms. The largest absolute Gasteiger partial charge is 0.435 e. The monoisotopic (exact) mass is 293 g/mol. The first-order chi connectivity index (χ1) is 10.1. The van der Waals surface area contributed by atoms with E-state index < -0.39 is 12.7 Å². The van der Waals surface area contributed by atoms with Crippen LogP contribution in [0.1, 0.15) is 29.8 Å². The molecule has 21 heavy (non-hydrogen) atoms. The topological polar surface area (TPSA) is 42.4 Å². The van der Waals surface area contributed by atoms with Crippen molar-refractivity contribution in [1.29, 1.82) is 0 Å². The van der Waals surface area contributed by atoms with E-state index in [0.29, 0.717) is 12.0 Å². The average molecular weight is 293 g/mol. The number of hydrogen-bond acceptors (Lipinski definition) is 3. The molecule has 0 aliphatic carbocycles. The van der Waals surface area contributed by atoms with E-state index in [1.807, 2.05) is 19.1 Å². The van der Waals surface area contributed by atoms with Gasteiger partial charge in [-0.25, -0.2) is 0 Å². The van der Waals surface area contributed by atoms with E-state index in [1.54, 1.807) is 18.3 Å². The van der Waals surface area contributed by atoms with Gasteiger partial charge in [0.15, 0.2) is 0 Å². The maximum atomic E-state index is 12.2. The number of aliphatic hydroxyl groups is 1. The van der Waals surface area contributed by atoms with Gasteiger partial charge in [0.25, 0.3) is 0 Å². The second-order valence-electron chi connectivity index (χ2n) is 4.68. The van der Waals surface area contributed by atoms with Crippen LogP contribution in [0.25, 0.3) is 0 Å². The first kappa shape index (κ1) is 15.4. The van der Waals surface area contributed by atoms with Crippen LogP contribution in [0.15, 0.2) is 42.6 Å². The fourth-order valence-corrected chi connectivity index (χ4v) is 2.00.